The molecule has 5 nitrogen and oxygen atoms in total. The molecule has 1 atom stereocenters. The molecule has 1 aliphatic carbocycles. The van der Waals surface area contributed by atoms with Gasteiger partial charge in [0.05, 0.1) is 11.1 Å². The molecule has 3 aromatic carbocycles. The summed E-state index contributed by atoms with van der Waals surface area (Å²) in [5.41, 5.74) is -0.0424. The van der Waals surface area contributed by atoms with E-state index < -0.39 is 40.9 Å². The predicted molar refractivity (Wildman–Crippen MR) is 130 cm³/mol. The fourth-order valence-corrected chi connectivity index (χ4v) is 5.97. The van der Waals surface area contributed by atoms with Gasteiger partial charge in [-0.25, -0.2) is 4.39 Å². The summed E-state index contributed by atoms with van der Waals surface area (Å²) in [4.78, 5) is 39.3. The minimum Gasteiger partial charge on any atom is -0.481 e. The first-order valence-corrected chi connectivity index (χ1v) is 12.1. The van der Waals surface area contributed by atoms with Crippen LogP contribution in [0.4, 0.5) is 17.6 Å². The van der Waals surface area contributed by atoms with Crippen molar-refractivity contribution < 1.29 is 37.1 Å². The molecule has 1 spiro atoms. The standard InChI is InChI=1S/C29H23F4NO4/c30-24-13-17(6-9-23(24)29(31,32)33)15-34-26(36)21-8-7-20(19-5-3-4-18(12-19)16-35)14-22(21)25(27(37)38)28(34)10-1-2-11-28/h3-9,12-14,16,25H,1-2,10-11,15H2,(H,37,38). The van der Waals surface area contributed by atoms with Crippen LogP contribution in [0.25, 0.3) is 11.1 Å². The number of benzene rings is 3. The molecule has 3 aromatic rings. The Bertz CT molecular complexity index is 1440. The number of hydrogen-bond donors (Lipinski definition) is 1. The smallest absolute Gasteiger partial charge is 0.419 e. The van der Waals surface area contributed by atoms with Crippen LogP contribution in [0.5, 0.6) is 0 Å². The lowest BCUT2D eigenvalue weighted by atomic mass is 9.71. The molecule has 1 aliphatic heterocycles. The van der Waals surface area contributed by atoms with Gasteiger partial charge in [0.1, 0.15) is 18.0 Å². The highest BCUT2D eigenvalue weighted by Gasteiger charge is 2.56. The fourth-order valence-electron chi connectivity index (χ4n) is 5.97. The lowest BCUT2D eigenvalue weighted by molar-refractivity contribution is -0.143. The van der Waals surface area contributed by atoms with Crippen molar-refractivity contribution in [2.24, 2.45) is 0 Å². The van der Waals surface area contributed by atoms with Gasteiger partial charge in [-0.1, -0.05) is 43.2 Å². The fraction of sp³-hybridized carbons (Fsp3) is 0.276. The van der Waals surface area contributed by atoms with E-state index in [-0.39, 0.29) is 17.7 Å². The molecule has 9 heteroatoms. The first-order chi connectivity index (χ1) is 18.0. The highest BCUT2D eigenvalue weighted by molar-refractivity contribution is 6.01. The zero-order valence-corrected chi connectivity index (χ0v) is 20.1. The number of halogens is 4. The topological polar surface area (TPSA) is 74.7 Å². The van der Waals surface area contributed by atoms with Gasteiger partial charge in [0.15, 0.2) is 0 Å². The van der Waals surface area contributed by atoms with Crippen molar-refractivity contribution in [1.29, 1.82) is 0 Å². The minimum atomic E-state index is -4.85. The number of hydrogen-bond acceptors (Lipinski definition) is 3. The lowest BCUT2D eigenvalue weighted by Crippen LogP contribution is -2.58. The highest BCUT2D eigenvalue weighted by atomic mass is 19.4. The van der Waals surface area contributed by atoms with Gasteiger partial charge in [0.25, 0.3) is 5.91 Å². The van der Waals surface area contributed by atoms with Gasteiger partial charge in [-0.2, -0.15) is 13.2 Å². The van der Waals surface area contributed by atoms with Crippen molar-refractivity contribution >= 4 is 18.2 Å². The van der Waals surface area contributed by atoms with Crippen LogP contribution in [0.2, 0.25) is 0 Å². The quantitative estimate of drug-likeness (QED) is 0.307. The van der Waals surface area contributed by atoms with E-state index in [2.05, 4.69) is 0 Å². The van der Waals surface area contributed by atoms with E-state index in [1.54, 1.807) is 42.5 Å². The molecule has 2 aliphatic rings. The van der Waals surface area contributed by atoms with Gasteiger partial charge in [0, 0.05) is 17.7 Å². The maximum Gasteiger partial charge on any atom is 0.419 e. The molecule has 0 radical (unpaired) electrons. The van der Waals surface area contributed by atoms with Crippen LogP contribution >= 0.6 is 0 Å². The number of nitrogens with zero attached hydrogens (tertiary/aromatic N) is 1. The SMILES string of the molecule is O=Cc1cccc(-c2ccc3c(c2)C(C(=O)O)C2(CCCC2)N(Cc2ccc(C(F)(F)F)c(F)c2)C3=O)c1. The molecule has 1 saturated carbocycles. The van der Waals surface area contributed by atoms with Gasteiger partial charge in [0.2, 0.25) is 0 Å². The highest BCUT2D eigenvalue weighted by Crippen LogP contribution is 2.51. The molecule has 1 N–H and O–H groups in total. The van der Waals surface area contributed by atoms with Crippen LogP contribution < -0.4 is 0 Å². The molecular weight excluding hydrogens is 502 g/mol. The summed E-state index contributed by atoms with van der Waals surface area (Å²) in [6.45, 7) is -0.222. The van der Waals surface area contributed by atoms with Gasteiger partial charge in [-0.3, -0.25) is 14.4 Å². The summed E-state index contributed by atoms with van der Waals surface area (Å²) in [6, 6.07) is 14.2. The van der Waals surface area contributed by atoms with E-state index in [4.69, 9.17) is 0 Å². The van der Waals surface area contributed by atoms with Crippen molar-refractivity contribution in [2.45, 2.75) is 49.9 Å². The number of alkyl halides is 3. The molecule has 38 heavy (non-hydrogen) atoms. The normalized spacial score (nSPS) is 18.5. The van der Waals surface area contributed by atoms with E-state index >= 15 is 0 Å². The van der Waals surface area contributed by atoms with Crippen molar-refractivity contribution in [3.8, 4) is 11.1 Å². The van der Waals surface area contributed by atoms with Crippen LogP contribution in [0.3, 0.4) is 0 Å². The van der Waals surface area contributed by atoms with Crippen molar-refractivity contribution in [1.82, 2.24) is 4.90 Å². The molecule has 0 bridgehead atoms. The zero-order chi connectivity index (χ0) is 27.2. The maximum absolute atomic E-state index is 14.3. The number of rotatable bonds is 5. The monoisotopic (exact) mass is 525 g/mol. The molecule has 0 saturated heterocycles. The van der Waals surface area contributed by atoms with Crippen LogP contribution in [0, 0.1) is 5.82 Å². The van der Waals surface area contributed by atoms with E-state index in [0.29, 0.717) is 60.3 Å². The number of aldehydes is 1. The first kappa shape index (κ1) is 25.6. The Morgan fingerprint density at radius 1 is 1.03 bits per heavy atom. The Kier molecular flexibility index (Phi) is 6.33. The summed E-state index contributed by atoms with van der Waals surface area (Å²) in [5, 5.41) is 10.4. The van der Waals surface area contributed by atoms with Crippen LogP contribution in [-0.4, -0.2) is 33.7 Å². The van der Waals surface area contributed by atoms with Crippen LogP contribution in [-0.2, 0) is 17.5 Å². The number of aliphatic carboxylic acids is 1. The minimum absolute atomic E-state index is 0.144. The summed E-state index contributed by atoms with van der Waals surface area (Å²) in [5.74, 6) is -4.11. The number of carboxylic acids is 1. The third kappa shape index (κ3) is 4.25. The van der Waals surface area contributed by atoms with Crippen molar-refractivity contribution in [3.63, 3.8) is 0 Å². The van der Waals surface area contributed by atoms with Gasteiger partial charge in [-0.15, -0.1) is 0 Å². The number of amides is 1. The van der Waals surface area contributed by atoms with E-state index in [0.717, 1.165) is 12.1 Å². The number of fused-ring (bicyclic) bond motifs is 1. The zero-order valence-electron chi connectivity index (χ0n) is 20.1. The molecule has 196 valence electrons. The summed E-state index contributed by atoms with van der Waals surface area (Å²) < 4.78 is 53.5. The second-order valence-corrected chi connectivity index (χ2v) is 9.83. The average Bonchev–Trinajstić information content (AvgIpc) is 3.35. The van der Waals surface area contributed by atoms with E-state index in [1.165, 1.54) is 4.90 Å². The third-order valence-electron chi connectivity index (χ3n) is 7.67. The lowest BCUT2D eigenvalue weighted by Gasteiger charge is -2.49. The Morgan fingerprint density at radius 3 is 2.37 bits per heavy atom. The molecule has 1 amide bonds. The first-order valence-electron chi connectivity index (χ1n) is 12.1. The van der Waals surface area contributed by atoms with Gasteiger partial charge < -0.3 is 10.0 Å². The van der Waals surface area contributed by atoms with E-state index in [9.17, 15) is 37.1 Å². The molecular formula is C29H23F4NO4. The second-order valence-electron chi connectivity index (χ2n) is 9.83. The predicted octanol–water partition coefficient (Wildman–Crippen LogP) is 6.46. The maximum atomic E-state index is 14.3. The van der Waals surface area contributed by atoms with Crippen LogP contribution in [0.15, 0.2) is 60.7 Å². The van der Waals surface area contributed by atoms with E-state index in [1.807, 2.05) is 0 Å². The molecule has 1 fully saturated rings. The molecule has 1 unspecified atom stereocenters. The Hall–Kier alpha value is -4.01. The Balaban J connectivity index is 1.61. The Labute approximate surface area is 215 Å². The summed E-state index contributed by atoms with van der Waals surface area (Å²) >= 11 is 0. The Morgan fingerprint density at radius 2 is 1.74 bits per heavy atom. The van der Waals surface area contributed by atoms with Gasteiger partial charge in [-0.05, 0) is 65.4 Å². The van der Waals surface area contributed by atoms with Crippen molar-refractivity contribution in [3.05, 3.63) is 94.3 Å². The summed E-state index contributed by atoms with van der Waals surface area (Å²) in [7, 11) is 0. The second kappa shape index (κ2) is 9.38. The van der Waals surface area contributed by atoms with Crippen molar-refractivity contribution in [2.75, 3.05) is 0 Å². The molecule has 1 heterocycles. The number of carbonyl (C=O) groups excluding carboxylic acids is 2. The molecule has 5 rings (SSSR count). The summed E-state index contributed by atoms with van der Waals surface area (Å²) in [6.07, 6.45) is -2.02. The third-order valence-corrected chi connectivity index (χ3v) is 7.67. The molecule has 0 aromatic heterocycles. The van der Waals surface area contributed by atoms with Gasteiger partial charge >= 0.3 is 12.1 Å². The number of carboxylic acid groups (broad SMARTS) is 1. The average molecular weight is 525 g/mol. The largest absolute Gasteiger partial charge is 0.481 e. The number of carbonyl (C=O) groups is 3. The van der Waals surface area contributed by atoms with Crippen LogP contribution in [0.1, 0.15) is 69.0 Å².